The minimum Gasteiger partial charge on any atom is -0.444 e. The molecule has 1 N–H and O–H groups in total. The molecule has 0 aromatic carbocycles. The summed E-state index contributed by atoms with van der Waals surface area (Å²) in [5, 5.41) is 3.51. The van der Waals surface area contributed by atoms with Crippen LogP contribution in [0, 0.1) is 0 Å². The molecule has 136 valence electrons. The Morgan fingerprint density at radius 1 is 1.13 bits per heavy atom. The van der Waals surface area contributed by atoms with E-state index in [9.17, 15) is 4.79 Å². The summed E-state index contributed by atoms with van der Waals surface area (Å²) in [4.78, 5) is 16.3. The number of hydrogen-bond acceptors (Lipinski definition) is 5. The maximum absolute atomic E-state index is 12.0. The predicted molar refractivity (Wildman–Crippen MR) is 99.3 cm³/mol. The van der Waals surface area contributed by atoms with Crippen molar-refractivity contribution in [2.75, 3.05) is 57.3 Å². The molecule has 0 spiro atoms. The Morgan fingerprint density at radius 3 is 2.39 bits per heavy atom. The molecule has 5 nitrogen and oxygen atoms in total. The first-order chi connectivity index (χ1) is 10.9. The van der Waals surface area contributed by atoms with E-state index >= 15 is 0 Å². The van der Waals surface area contributed by atoms with Crippen LogP contribution in [0.25, 0.3) is 0 Å². The normalized spacial score (nSPS) is 16.6. The van der Waals surface area contributed by atoms with Gasteiger partial charge in [0.05, 0.1) is 0 Å². The standard InChI is InChI=1S/C17H35N3O2S/c1-5-23-15-7-9-18-8-6-10-19-11-13-20(14-12-19)16(21)22-17(2,3)4/h18H,5-15H2,1-4H3. The van der Waals surface area contributed by atoms with Crippen molar-refractivity contribution < 1.29 is 9.53 Å². The molecule has 1 aliphatic rings. The van der Waals surface area contributed by atoms with Gasteiger partial charge < -0.3 is 15.0 Å². The molecule has 1 saturated heterocycles. The number of nitrogens with one attached hydrogen (secondary N) is 1. The van der Waals surface area contributed by atoms with E-state index in [-0.39, 0.29) is 6.09 Å². The zero-order valence-electron chi connectivity index (χ0n) is 15.4. The smallest absolute Gasteiger partial charge is 0.410 e. The van der Waals surface area contributed by atoms with Gasteiger partial charge in [0.2, 0.25) is 0 Å². The minimum atomic E-state index is -0.407. The largest absolute Gasteiger partial charge is 0.444 e. The maximum atomic E-state index is 12.0. The third kappa shape index (κ3) is 10.1. The Morgan fingerprint density at radius 2 is 1.78 bits per heavy atom. The van der Waals surface area contributed by atoms with Crippen LogP contribution in [-0.2, 0) is 4.74 Å². The van der Waals surface area contributed by atoms with Gasteiger partial charge in [-0.3, -0.25) is 4.90 Å². The molecule has 1 heterocycles. The van der Waals surface area contributed by atoms with Crippen LogP contribution in [0.4, 0.5) is 4.79 Å². The number of ether oxygens (including phenoxy) is 1. The Bertz CT molecular complexity index is 326. The topological polar surface area (TPSA) is 44.8 Å². The highest BCUT2D eigenvalue weighted by Crippen LogP contribution is 2.11. The molecule has 0 atom stereocenters. The summed E-state index contributed by atoms with van der Waals surface area (Å²) in [7, 11) is 0. The first kappa shape index (κ1) is 20.6. The molecule has 0 aromatic heterocycles. The summed E-state index contributed by atoms with van der Waals surface area (Å²) in [6.45, 7) is 14.7. The van der Waals surface area contributed by atoms with Gasteiger partial charge in [0.25, 0.3) is 0 Å². The number of piperazine rings is 1. The van der Waals surface area contributed by atoms with Crippen LogP contribution in [0.2, 0.25) is 0 Å². The van der Waals surface area contributed by atoms with Crippen molar-refractivity contribution in [2.24, 2.45) is 0 Å². The second-order valence-corrected chi connectivity index (χ2v) is 8.36. The first-order valence-electron chi connectivity index (χ1n) is 8.91. The summed E-state index contributed by atoms with van der Waals surface area (Å²) in [5.41, 5.74) is -0.407. The Hall–Kier alpha value is -0.460. The predicted octanol–water partition coefficient (Wildman–Crippen LogP) is 2.66. The van der Waals surface area contributed by atoms with E-state index in [1.165, 1.54) is 24.3 Å². The van der Waals surface area contributed by atoms with Crippen molar-refractivity contribution in [2.45, 2.75) is 46.1 Å². The highest BCUT2D eigenvalue weighted by molar-refractivity contribution is 7.99. The number of carbonyl (C=O) groups excluding carboxylic acids is 1. The van der Waals surface area contributed by atoms with Crippen LogP contribution < -0.4 is 5.32 Å². The van der Waals surface area contributed by atoms with Gasteiger partial charge in [0.1, 0.15) is 5.60 Å². The number of nitrogens with zero attached hydrogens (tertiary/aromatic N) is 2. The Kier molecular flexibility index (Phi) is 9.99. The lowest BCUT2D eigenvalue weighted by Gasteiger charge is -2.35. The zero-order chi connectivity index (χ0) is 17.1. The molecule has 6 heteroatoms. The van der Waals surface area contributed by atoms with Crippen molar-refractivity contribution in [3.8, 4) is 0 Å². The lowest BCUT2D eigenvalue weighted by molar-refractivity contribution is 0.0144. The van der Waals surface area contributed by atoms with E-state index in [0.29, 0.717) is 0 Å². The number of hydrogen-bond donors (Lipinski definition) is 1. The molecule has 1 fully saturated rings. The van der Waals surface area contributed by atoms with Gasteiger partial charge in [-0.2, -0.15) is 11.8 Å². The van der Waals surface area contributed by atoms with Crippen LogP contribution >= 0.6 is 11.8 Å². The van der Waals surface area contributed by atoms with Gasteiger partial charge >= 0.3 is 6.09 Å². The van der Waals surface area contributed by atoms with Crippen molar-refractivity contribution in [3.05, 3.63) is 0 Å². The van der Waals surface area contributed by atoms with E-state index in [4.69, 9.17) is 4.74 Å². The SMILES string of the molecule is CCSCCCNCCCN1CCN(C(=O)OC(C)(C)C)CC1. The summed E-state index contributed by atoms with van der Waals surface area (Å²) in [5.74, 6) is 2.48. The van der Waals surface area contributed by atoms with Crippen LogP contribution in [0.3, 0.4) is 0 Å². The van der Waals surface area contributed by atoms with Crippen molar-refractivity contribution in [3.63, 3.8) is 0 Å². The third-order valence-electron chi connectivity index (χ3n) is 3.70. The second-order valence-electron chi connectivity index (χ2n) is 6.96. The third-order valence-corrected chi connectivity index (χ3v) is 4.68. The molecule has 0 saturated carbocycles. The van der Waals surface area contributed by atoms with E-state index in [1.54, 1.807) is 0 Å². The Labute approximate surface area is 146 Å². The monoisotopic (exact) mass is 345 g/mol. The molecule has 0 aliphatic carbocycles. The van der Waals surface area contributed by atoms with Gasteiger partial charge in [-0.1, -0.05) is 6.92 Å². The number of amides is 1. The van der Waals surface area contributed by atoms with Crippen molar-refractivity contribution >= 4 is 17.9 Å². The van der Waals surface area contributed by atoms with Gasteiger partial charge in [-0.15, -0.1) is 0 Å². The molecular weight excluding hydrogens is 310 g/mol. The van der Waals surface area contributed by atoms with Gasteiger partial charge in [-0.25, -0.2) is 4.79 Å². The molecule has 1 aliphatic heterocycles. The lowest BCUT2D eigenvalue weighted by atomic mass is 10.2. The summed E-state index contributed by atoms with van der Waals surface area (Å²) >= 11 is 2.01. The van der Waals surface area contributed by atoms with Crippen molar-refractivity contribution in [1.82, 2.24) is 15.1 Å². The van der Waals surface area contributed by atoms with Gasteiger partial charge in [-0.05, 0) is 64.8 Å². The first-order valence-corrected chi connectivity index (χ1v) is 10.1. The van der Waals surface area contributed by atoms with Gasteiger partial charge in [0.15, 0.2) is 0 Å². The molecule has 1 amide bonds. The van der Waals surface area contributed by atoms with E-state index < -0.39 is 5.60 Å². The van der Waals surface area contributed by atoms with E-state index in [0.717, 1.165) is 45.8 Å². The molecule has 0 unspecified atom stereocenters. The van der Waals surface area contributed by atoms with E-state index in [1.807, 2.05) is 37.4 Å². The van der Waals surface area contributed by atoms with E-state index in [2.05, 4.69) is 17.1 Å². The fraction of sp³-hybridized carbons (Fsp3) is 0.941. The number of carbonyl (C=O) groups is 1. The minimum absolute atomic E-state index is 0.177. The molecule has 1 rings (SSSR count). The molecular formula is C17H35N3O2S. The highest BCUT2D eigenvalue weighted by Gasteiger charge is 2.25. The lowest BCUT2D eigenvalue weighted by Crippen LogP contribution is -2.50. The van der Waals surface area contributed by atoms with Crippen LogP contribution in [0.15, 0.2) is 0 Å². The Balaban J connectivity index is 2.03. The molecule has 0 aromatic rings. The average molecular weight is 346 g/mol. The van der Waals surface area contributed by atoms with Crippen LogP contribution in [0.5, 0.6) is 0 Å². The quantitative estimate of drug-likeness (QED) is 0.651. The fourth-order valence-electron chi connectivity index (χ4n) is 2.48. The summed E-state index contributed by atoms with van der Waals surface area (Å²) in [6, 6.07) is 0. The maximum Gasteiger partial charge on any atom is 0.410 e. The molecule has 0 radical (unpaired) electrons. The fourth-order valence-corrected chi connectivity index (χ4v) is 3.11. The highest BCUT2D eigenvalue weighted by atomic mass is 32.2. The number of thioether (sulfide) groups is 1. The number of rotatable bonds is 9. The van der Waals surface area contributed by atoms with Crippen LogP contribution in [-0.4, -0.2) is 78.8 Å². The van der Waals surface area contributed by atoms with Crippen LogP contribution in [0.1, 0.15) is 40.5 Å². The second kappa shape index (κ2) is 11.2. The molecule has 23 heavy (non-hydrogen) atoms. The molecule has 0 bridgehead atoms. The zero-order valence-corrected chi connectivity index (χ0v) is 16.2. The summed E-state index contributed by atoms with van der Waals surface area (Å²) < 4.78 is 5.42. The van der Waals surface area contributed by atoms with Gasteiger partial charge in [0, 0.05) is 26.2 Å². The van der Waals surface area contributed by atoms with Crippen molar-refractivity contribution in [1.29, 1.82) is 0 Å². The summed E-state index contributed by atoms with van der Waals surface area (Å²) in [6.07, 6.45) is 2.25. The average Bonchev–Trinajstić information content (AvgIpc) is 2.49.